The Labute approximate surface area is 346 Å². The van der Waals surface area contributed by atoms with Gasteiger partial charge in [-0.25, -0.2) is 29.5 Å². The van der Waals surface area contributed by atoms with Gasteiger partial charge in [-0.1, -0.05) is 0 Å². The van der Waals surface area contributed by atoms with Gasteiger partial charge in [0.15, 0.2) is 11.6 Å². The molecule has 0 atom stereocenters. The lowest BCUT2D eigenvalue weighted by Gasteiger charge is -2.37. The van der Waals surface area contributed by atoms with Crippen LogP contribution in [-0.4, -0.2) is 132 Å². The van der Waals surface area contributed by atoms with E-state index in [0.717, 1.165) is 23.1 Å². The number of methoxy groups -OCH3 is 2. The summed E-state index contributed by atoms with van der Waals surface area (Å²) in [6.45, 7) is 11.2. The normalized spacial score (nSPS) is 13.9. The number of aromatic nitrogens is 4. The fraction of sp³-hybridized carbons (Fsp3) is 0.421. The number of nitrogen functional groups attached to an aromatic ring is 2. The molecule has 2 aliphatic rings. The van der Waals surface area contributed by atoms with Gasteiger partial charge in [-0.05, 0) is 45.9 Å². The zero-order valence-corrected chi connectivity index (χ0v) is 34.9. The van der Waals surface area contributed by atoms with E-state index in [1.807, 2.05) is 26.0 Å². The first-order valence-corrected chi connectivity index (χ1v) is 18.9. The highest BCUT2D eigenvalue weighted by atomic mass is 16.6. The Balaban J connectivity index is 0.000000230. The molecule has 0 radical (unpaired) electrons. The standard InChI is InChI=1S/C19H23N7O6.C19H27N7O2/c1-12-13(2)21-18(32-4)17(20-12)22(3)19(27)24-7-5-23(6-8-24)14-9-15(25(28)29)11-16(10-14)26(30)31;1-12-13(2)23-18(28-4)17(22-12)24(3)19(27)26-7-5-25(6-8-26)16-10-14(20)9-15(21)11-16/h9-11H,5-8H2,1-4H3;9-11H,5-8,20-21H2,1-4H3. The van der Waals surface area contributed by atoms with Gasteiger partial charge in [-0.3, -0.25) is 30.0 Å². The van der Waals surface area contributed by atoms with Crippen molar-refractivity contribution in [2.75, 3.05) is 112 Å². The summed E-state index contributed by atoms with van der Waals surface area (Å²) >= 11 is 0. The van der Waals surface area contributed by atoms with Gasteiger partial charge >= 0.3 is 12.1 Å². The van der Waals surface area contributed by atoms with E-state index in [1.54, 1.807) is 48.7 Å². The molecule has 0 aliphatic carbocycles. The highest BCUT2D eigenvalue weighted by Gasteiger charge is 2.30. The van der Waals surface area contributed by atoms with E-state index < -0.39 is 9.85 Å². The second-order valence-electron chi connectivity index (χ2n) is 14.2. The van der Waals surface area contributed by atoms with E-state index in [4.69, 9.17) is 20.9 Å². The summed E-state index contributed by atoms with van der Waals surface area (Å²) in [6.07, 6.45) is 0. The molecule has 6 rings (SSSR count). The number of nitrogens with two attached hydrogens (primary N) is 2. The van der Waals surface area contributed by atoms with Crippen LogP contribution in [0.2, 0.25) is 0 Å². The number of ether oxygens (including phenoxy) is 2. The lowest BCUT2D eigenvalue weighted by Crippen LogP contribution is -2.52. The number of rotatable bonds is 8. The lowest BCUT2D eigenvalue weighted by atomic mass is 10.2. The van der Waals surface area contributed by atoms with Gasteiger partial charge in [0.1, 0.15) is 0 Å². The molecular formula is C38H50N14O8. The molecule has 2 aliphatic heterocycles. The minimum atomic E-state index is -0.663. The molecule has 2 aromatic carbocycles. The SMILES string of the molecule is COc1nc(C)c(C)nc1N(C)C(=O)N1CCN(c2cc(N)cc(N)c2)CC1.COc1nc(C)c(C)nc1N(C)C(=O)N1CCN(c2cc([N+](=O)[O-])cc([N+](=O)[O-])c2)CC1. The van der Waals surface area contributed by atoms with E-state index in [0.29, 0.717) is 98.3 Å². The first kappa shape index (κ1) is 43.9. The molecule has 4 aromatic rings. The molecule has 4 heterocycles. The van der Waals surface area contributed by atoms with Crippen molar-refractivity contribution in [1.29, 1.82) is 0 Å². The van der Waals surface area contributed by atoms with Crippen LogP contribution in [0.1, 0.15) is 22.8 Å². The van der Waals surface area contributed by atoms with Crippen LogP contribution in [0.3, 0.4) is 0 Å². The second kappa shape index (κ2) is 18.6. The summed E-state index contributed by atoms with van der Waals surface area (Å²) in [5.74, 6) is 1.30. The molecule has 320 valence electrons. The Morgan fingerprint density at radius 1 is 0.583 bits per heavy atom. The van der Waals surface area contributed by atoms with E-state index in [-0.39, 0.29) is 29.3 Å². The molecule has 22 heteroatoms. The quantitative estimate of drug-likeness (QED) is 0.145. The van der Waals surface area contributed by atoms with Crippen molar-refractivity contribution < 1.29 is 28.9 Å². The van der Waals surface area contributed by atoms with Crippen LogP contribution in [-0.2, 0) is 0 Å². The van der Waals surface area contributed by atoms with Gasteiger partial charge in [0.25, 0.3) is 23.1 Å². The van der Waals surface area contributed by atoms with Crippen molar-refractivity contribution in [3.63, 3.8) is 0 Å². The third-order valence-electron chi connectivity index (χ3n) is 10.2. The van der Waals surface area contributed by atoms with Gasteiger partial charge in [0, 0.05) is 95.6 Å². The average Bonchev–Trinajstić information content (AvgIpc) is 3.24. The number of hydrogen-bond donors (Lipinski definition) is 2. The smallest absolute Gasteiger partial charge is 0.325 e. The largest absolute Gasteiger partial charge is 0.478 e. The van der Waals surface area contributed by atoms with Crippen LogP contribution >= 0.6 is 0 Å². The Hall–Kier alpha value is -7.26. The zero-order chi connectivity index (χ0) is 44.0. The van der Waals surface area contributed by atoms with Crippen LogP contribution in [0.5, 0.6) is 11.8 Å². The van der Waals surface area contributed by atoms with Crippen LogP contribution in [0.25, 0.3) is 0 Å². The highest BCUT2D eigenvalue weighted by molar-refractivity contribution is 5.92. The van der Waals surface area contributed by atoms with Gasteiger partial charge in [0.2, 0.25) is 0 Å². The minimum Gasteiger partial charge on any atom is -0.478 e. The van der Waals surface area contributed by atoms with E-state index in [2.05, 4.69) is 24.8 Å². The second-order valence-corrected chi connectivity index (χ2v) is 14.2. The number of benzene rings is 2. The molecule has 2 fully saturated rings. The van der Waals surface area contributed by atoms with Crippen molar-refractivity contribution in [1.82, 2.24) is 29.7 Å². The predicted molar refractivity (Wildman–Crippen MR) is 226 cm³/mol. The number of carbonyl (C=O) groups excluding carboxylic acids is 2. The monoisotopic (exact) mass is 830 g/mol. The Morgan fingerprint density at radius 2 is 0.917 bits per heavy atom. The number of nitro benzene ring substituents is 2. The molecule has 0 bridgehead atoms. The van der Waals surface area contributed by atoms with Crippen LogP contribution in [0.4, 0.5) is 55.3 Å². The summed E-state index contributed by atoms with van der Waals surface area (Å²) in [5.41, 5.74) is 16.6. The molecular weight excluding hydrogens is 781 g/mol. The Morgan fingerprint density at radius 3 is 1.25 bits per heavy atom. The number of anilines is 6. The summed E-state index contributed by atoms with van der Waals surface area (Å²) in [6, 6.07) is 8.61. The molecule has 22 nitrogen and oxygen atoms in total. The fourth-order valence-electron chi connectivity index (χ4n) is 6.58. The van der Waals surface area contributed by atoms with E-state index in [9.17, 15) is 29.8 Å². The third kappa shape index (κ3) is 9.88. The first-order valence-electron chi connectivity index (χ1n) is 18.9. The topological polar surface area (TPSA) is 262 Å². The zero-order valence-electron chi connectivity index (χ0n) is 34.9. The number of piperazine rings is 2. The highest BCUT2D eigenvalue weighted by Crippen LogP contribution is 2.31. The van der Waals surface area contributed by atoms with Crippen molar-refractivity contribution >= 4 is 57.8 Å². The molecule has 2 saturated heterocycles. The number of urea groups is 2. The van der Waals surface area contributed by atoms with E-state index >= 15 is 0 Å². The minimum absolute atomic E-state index is 0.136. The molecule has 0 unspecified atom stereocenters. The molecule has 0 saturated carbocycles. The van der Waals surface area contributed by atoms with Gasteiger partial charge in [0.05, 0.1) is 58.6 Å². The predicted octanol–water partition coefficient (Wildman–Crippen LogP) is 3.94. The molecule has 4 amide bonds. The molecule has 60 heavy (non-hydrogen) atoms. The fourth-order valence-corrected chi connectivity index (χ4v) is 6.58. The summed E-state index contributed by atoms with van der Waals surface area (Å²) in [4.78, 5) is 74.8. The van der Waals surface area contributed by atoms with Gasteiger partial charge < -0.3 is 40.5 Å². The Bertz CT molecular complexity index is 2210. The number of aryl methyl sites for hydroxylation is 4. The summed E-state index contributed by atoms with van der Waals surface area (Å²) in [7, 11) is 6.25. The van der Waals surface area contributed by atoms with Crippen molar-refractivity contribution in [3.8, 4) is 11.8 Å². The maximum atomic E-state index is 13.0. The molecule has 2 aromatic heterocycles. The maximum absolute atomic E-state index is 13.0. The molecule has 0 spiro atoms. The first-order chi connectivity index (χ1) is 28.4. The average molecular weight is 831 g/mol. The number of nitrogens with zero attached hydrogens (tertiary/aromatic N) is 12. The number of carbonyl (C=O) groups is 2. The molecule has 4 N–H and O–H groups in total. The van der Waals surface area contributed by atoms with Crippen molar-refractivity contribution in [2.45, 2.75) is 27.7 Å². The third-order valence-corrected chi connectivity index (χ3v) is 10.2. The van der Waals surface area contributed by atoms with Gasteiger partial charge in [-0.15, -0.1) is 0 Å². The number of hydrogen-bond acceptors (Lipinski definition) is 16. The Kier molecular flexibility index (Phi) is 13.6. The van der Waals surface area contributed by atoms with Crippen molar-refractivity contribution in [2.24, 2.45) is 0 Å². The summed E-state index contributed by atoms with van der Waals surface area (Å²) in [5, 5.41) is 22.3. The van der Waals surface area contributed by atoms with Crippen LogP contribution in [0.15, 0.2) is 36.4 Å². The maximum Gasteiger partial charge on any atom is 0.325 e. The lowest BCUT2D eigenvalue weighted by molar-refractivity contribution is -0.394. The number of non-ortho nitro benzene ring substituents is 2. The number of nitro groups is 2. The van der Waals surface area contributed by atoms with Crippen LogP contribution < -0.4 is 40.5 Å². The van der Waals surface area contributed by atoms with Crippen molar-refractivity contribution in [3.05, 3.63) is 79.4 Å². The van der Waals surface area contributed by atoms with Crippen LogP contribution in [0, 0.1) is 47.9 Å². The van der Waals surface area contributed by atoms with E-state index in [1.165, 1.54) is 36.2 Å². The summed E-state index contributed by atoms with van der Waals surface area (Å²) < 4.78 is 10.6. The van der Waals surface area contributed by atoms with Gasteiger partial charge in [-0.2, -0.15) is 0 Å². The number of amides is 4.